The Morgan fingerprint density at radius 2 is 1.13 bits per heavy atom. The minimum atomic E-state index is 0.0934. The van der Waals surface area contributed by atoms with Crippen LogP contribution in [0.4, 0.5) is 0 Å². The van der Waals surface area contributed by atoms with E-state index in [1.54, 1.807) is 0 Å². The largest absolute Gasteiger partial charge is 0.490 e. The van der Waals surface area contributed by atoms with Gasteiger partial charge in [-0.05, 0) is 92.0 Å². The minimum absolute atomic E-state index is 0.0934. The number of benzene rings is 4. The van der Waals surface area contributed by atoms with Gasteiger partial charge in [-0.1, -0.05) is 54.1 Å². The highest BCUT2D eigenvalue weighted by molar-refractivity contribution is 5.95. The third-order valence-electron chi connectivity index (χ3n) is 9.17. The highest BCUT2D eigenvalue weighted by atomic mass is 16.5. The lowest BCUT2D eigenvalue weighted by atomic mass is 10.0. The second-order valence-corrected chi connectivity index (χ2v) is 12.4. The molecule has 2 heterocycles. The number of hydrogen-bond donors (Lipinski definition) is 1. The first kappa shape index (κ1) is 31.4. The lowest BCUT2D eigenvalue weighted by molar-refractivity contribution is 0.0595. The van der Waals surface area contributed by atoms with Crippen LogP contribution in [0.5, 0.6) is 11.5 Å². The number of amides is 2. The van der Waals surface area contributed by atoms with Gasteiger partial charge in [-0.15, -0.1) is 0 Å². The molecular weight excluding hydrogens is 574 g/mol. The summed E-state index contributed by atoms with van der Waals surface area (Å²) in [5, 5.41) is 3.31. The number of carbonyl (C=O) groups is 2. The van der Waals surface area contributed by atoms with Gasteiger partial charge in [0.2, 0.25) is 0 Å². The molecule has 4 aromatic carbocycles. The molecule has 7 heteroatoms. The van der Waals surface area contributed by atoms with E-state index in [2.05, 4.69) is 5.32 Å². The van der Waals surface area contributed by atoms with E-state index in [0.717, 1.165) is 83.7 Å². The Bertz CT molecular complexity index is 1590. The Labute approximate surface area is 272 Å². The van der Waals surface area contributed by atoms with Gasteiger partial charge < -0.3 is 24.6 Å². The van der Waals surface area contributed by atoms with E-state index in [1.807, 2.05) is 121 Å². The van der Waals surface area contributed by atoms with Crippen molar-refractivity contribution in [3.05, 3.63) is 119 Å². The topological polar surface area (TPSA) is 71.1 Å². The van der Waals surface area contributed by atoms with Gasteiger partial charge in [-0.2, -0.15) is 0 Å². The van der Waals surface area contributed by atoms with Gasteiger partial charge in [0.1, 0.15) is 24.2 Å². The molecule has 1 N–H and O–H groups in total. The first-order valence-corrected chi connectivity index (χ1v) is 16.4. The Morgan fingerprint density at radius 3 is 1.67 bits per heavy atom. The smallest absolute Gasteiger partial charge is 0.253 e. The van der Waals surface area contributed by atoms with Crippen LogP contribution in [-0.4, -0.2) is 67.0 Å². The number of nitrogens with zero attached hydrogens (tertiary/aromatic N) is 2. The summed E-state index contributed by atoms with van der Waals surface area (Å²) in [6.45, 7) is 5.47. The van der Waals surface area contributed by atoms with Crippen LogP contribution in [0.15, 0.2) is 97.1 Å². The first-order chi connectivity index (χ1) is 22.4. The number of aryl methyl sites for hydroxylation is 1. The van der Waals surface area contributed by atoms with Crippen molar-refractivity contribution in [1.82, 2.24) is 15.1 Å². The molecule has 0 unspecified atom stereocenters. The molecule has 6 rings (SSSR count). The molecule has 0 atom stereocenters. The summed E-state index contributed by atoms with van der Waals surface area (Å²) in [5.41, 5.74) is 5.84. The van der Waals surface area contributed by atoms with Crippen LogP contribution in [-0.2, 0) is 6.61 Å². The minimum Gasteiger partial charge on any atom is -0.490 e. The molecule has 2 saturated heterocycles. The molecule has 0 saturated carbocycles. The molecule has 0 spiro atoms. The van der Waals surface area contributed by atoms with Crippen molar-refractivity contribution in [3.63, 3.8) is 0 Å². The molecule has 0 aliphatic carbocycles. The summed E-state index contributed by atoms with van der Waals surface area (Å²) in [6.07, 6.45) is 3.72. The van der Waals surface area contributed by atoms with Gasteiger partial charge in [-0.3, -0.25) is 9.59 Å². The molecule has 2 aliphatic rings. The molecule has 7 nitrogen and oxygen atoms in total. The van der Waals surface area contributed by atoms with Gasteiger partial charge in [0.15, 0.2) is 0 Å². The van der Waals surface area contributed by atoms with E-state index >= 15 is 0 Å². The second kappa shape index (κ2) is 14.6. The molecule has 0 bridgehead atoms. The fraction of sp³-hybridized carbons (Fsp3) is 0.333. The molecule has 4 aromatic rings. The van der Waals surface area contributed by atoms with Gasteiger partial charge in [-0.25, -0.2) is 0 Å². The Balaban J connectivity index is 0.942. The molecule has 2 aliphatic heterocycles. The van der Waals surface area contributed by atoms with E-state index in [9.17, 15) is 9.59 Å². The maximum atomic E-state index is 12.9. The number of likely N-dealkylation sites (tertiary alicyclic amines) is 2. The number of ether oxygens (including phenoxy) is 2. The summed E-state index contributed by atoms with van der Waals surface area (Å²) in [4.78, 5) is 29.6. The molecule has 0 radical (unpaired) electrons. The summed E-state index contributed by atoms with van der Waals surface area (Å²) in [7, 11) is 1.99. The van der Waals surface area contributed by atoms with E-state index in [-0.39, 0.29) is 17.9 Å². The zero-order valence-electron chi connectivity index (χ0n) is 26.8. The van der Waals surface area contributed by atoms with Gasteiger partial charge in [0.25, 0.3) is 11.8 Å². The monoisotopic (exact) mass is 617 g/mol. The van der Waals surface area contributed by atoms with Crippen molar-refractivity contribution in [1.29, 1.82) is 0 Å². The Kier molecular flexibility index (Phi) is 9.99. The van der Waals surface area contributed by atoms with Crippen LogP contribution >= 0.6 is 0 Å². The van der Waals surface area contributed by atoms with Crippen LogP contribution < -0.4 is 14.8 Å². The summed E-state index contributed by atoms with van der Waals surface area (Å²) < 4.78 is 12.3. The second-order valence-electron chi connectivity index (χ2n) is 12.4. The van der Waals surface area contributed by atoms with Crippen molar-refractivity contribution in [2.24, 2.45) is 0 Å². The highest BCUT2D eigenvalue weighted by Gasteiger charge is 2.25. The maximum Gasteiger partial charge on any atom is 0.253 e. The van der Waals surface area contributed by atoms with Gasteiger partial charge >= 0.3 is 0 Å². The molecule has 2 amide bonds. The van der Waals surface area contributed by atoms with Crippen LogP contribution in [0.3, 0.4) is 0 Å². The SMILES string of the molecule is CNC1CCN(C(=O)c2ccc(-c3ccc(OCc4ccc(OC5CCN(C(=O)c6ccc(C)cc6)CC5)cc4)cc3)cc2)CC1. The Morgan fingerprint density at radius 1 is 0.652 bits per heavy atom. The number of nitrogens with one attached hydrogen (secondary N) is 1. The average Bonchev–Trinajstić information content (AvgIpc) is 3.12. The zero-order valence-corrected chi connectivity index (χ0v) is 26.8. The summed E-state index contributed by atoms with van der Waals surface area (Å²) in [5.74, 6) is 1.84. The third-order valence-corrected chi connectivity index (χ3v) is 9.17. The van der Waals surface area contributed by atoms with Crippen molar-refractivity contribution >= 4 is 11.8 Å². The normalized spacial score (nSPS) is 15.9. The predicted octanol–water partition coefficient (Wildman–Crippen LogP) is 6.75. The number of hydrogen-bond acceptors (Lipinski definition) is 5. The Hall–Kier alpha value is -4.62. The third kappa shape index (κ3) is 7.77. The van der Waals surface area contributed by atoms with Crippen molar-refractivity contribution in [2.75, 3.05) is 33.2 Å². The van der Waals surface area contributed by atoms with Gasteiger partial charge in [0, 0.05) is 56.2 Å². The van der Waals surface area contributed by atoms with Crippen LogP contribution in [0, 0.1) is 6.92 Å². The van der Waals surface area contributed by atoms with E-state index in [1.165, 1.54) is 0 Å². The molecular formula is C39H43N3O4. The fourth-order valence-electron chi connectivity index (χ4n) is 6.18. The standard InChI is InChI=1S/C39H43N3O4/c1-28-3-7-32(8-4-28)38(43)42-25-21-37(22-26-42)46-36-15-5-29(6-16-36)27-45-35-17-13-31(14-18-35)30-9-11-33(12-10-30)39(44)41-23-19-34(40-2)20-24-41/h3-18,34,37,40H,19-27H2,1-2H3. The van der Waals surface area contributed by atoms with Crippen LogP contribution in [0.25, 0.3) is 11.1 Å². The van der Waals surface area contributed by atoms with Crippen molar-refractivity contribution in [3.8, 4) is 22.6 Å². The molecule has 46 heavy (non-hydrogen) atoms. The number of piperidine rings is 2. The number of rotatable bonds is 9. The van der Waals surface area contributed by atoms with Gasteiger partial charge in [0.05, 0.1) is 0 Å². The highest BCUT2D eigenvalue weighted by Crippen LogP contribution is 2.25. The van der Waals surface area contributed by atoms with Crippen molar-refractivity contribution < 1.29 is 19.1 Å². The maximum absolute atomic E-state index is 12.9. The first-order valence-electron chi connectivity index (χ1n) is 16.4. The number of carbonyl (C=O) groups excluding carboxylic acids is 2. The summed E-state index contributed by atoms with van der Waals surface area (Å²) in [6, 6.07) is 32.3. The van der Waals surface area contributed by atoms with Crippen LogP contribution in [0.1, 0.15) is 57.5 Å². The average molecular weight is 618 g/mol. The quantitative estimate of drug-likeness (QED) is 0.225. The van der Waals surface area contributed by atoms with E-state index in [4.69, 9.17) is 9.47 Å². The molecule has 0 aromatic heterocycles. The van der Waals surface area contributed by atoms with E-state index in [0.29, 0.717) is 25.7 Å². The summed E-state index contributed by atoms with van der Waals surface area (Å²) >= 11 is 0. The van der Waals surface area contributed by atoms with E-state index < -0.39 is 0 Å². The lowest BCUT2D eigenvalue weighted by Crippen LogP contribution is -2.43. The lowest BCUT2D eigenvalue weighted by Gasteiger charge is -2.32. The van der Waals surface area contributed by atoms with Crippen LogP contribution in [0.2, 0.25) is 0 Å². The molecule has 238 valence electrons. The molecule has 2 fully saturated rings. The van der Waals surface area contributed by atoms with Crippen molar-refractivity contribution in [2.45, 2.75) is 51.4 Å². The fourth-order valence-corrected chi connectivity index (χ4v) is 6.18. The zero-order chi connectivity index (χ0) is 31.9. The predicted molar refractivity (Wildman–Crippen MR) is 181 cm³/mol.